The molecule has 0 heterocycles. The van der Waals surface area contributed by atoms with E-state index in [1.807, 2.05) is 0 Å². The second kappa shape index (κ2) is 29.6. The molecule has 0 bridgehead atoms. The molecule has 0 aliphatic carbocycles. The number of hydrogen-bond acceptors (Lipinski definition) is 2. The zero-order valence-electron chi connectivity index (χ0n) is 3.11. The van der Waals surface area contributed by atoms with Gasteiger partial charge in [0.1, 0.15) is 0 Å². The maximum absolute atomic E-state index is 7.57. The Hall–Kier alpha value is 0.210. The van der Waals surface area contributed by atoms with Crippen molar-refractivity contribution in [3.63, 3.8) is 0 Å². The number of rotatable bonds is 0. The Morgan fingerprint density at radius 3 is 1.80 bits per heavy atom. The van der Waals surface area contributed by atoms with Crippen molar-refractivity contribution in [3.05, 3.63) is 0 Å². The third kappa shape index (κ3) is 466. The molecule has 0 saturated carbocycles. The zero-order chi connectivity index (χ0) is 4.71. The van der Waals surface area contributed by atoms with Gasteiger partial charge in [0, 0.05) is 6.61 Å². The summed E-state index contributed by atoms with van der Waals surface area (Å²) in [6.07, 6.45) is 0. The highest BCUT2D eigenvalue weighted by molar-refractivity contribution is 6.11. The molecule has 0 rings (SSSR count). The second-order valence-electron chi connectivity index (χ2n) is 0.316. The minimum Gasteiger partial charge on any atom is -0.397 e. The molecule has 0 aromatic carbocycles. The lowest BCUT2D eigenvalue weighted by molar-refractivity contribution is 0.318. The van der Waals surface area contributed by atoms with Crippen molar-refractivity contribution in [3.8, 4) is 0 Å². The first-order valence-corrected chi connectivity index (χ1v) is 1.68. The van der Waals surface area contributed by atoms with Crippen LogP contribution in [-0.4, -0.2) is 11.7 Å². The van der Waals surface area contributed by atoms with Crippen molar-refractivity contribution in [2.45, 2.75) is 6.92 Å². The summed E-state index contributed by atoms with van der Waals surface area (Å²) in [6.45, 7) is 1.93. The summed E-state index contributed by atoms with van der Waals surface area (Å²) >= 11 is 4.14. The van der Waals surface area contributed by atoms with E-state index in [4.69, 9.17) is 5.11 Å². The standard InChI is InChI=1S/C2H6O.ClH2N/c1-2-3;1-2/h3H,2H2,1H3;2H2. The monoisotopic (exact) mass is 97.0 g/mol. The fourth-order valence-corrected chi connectivity index (χ4v) is 0. The summed E-state index contributed by atoms with van der Waals surface area (Å²) in [5.41, 5.74) is 0. The molecule has 0 aliphatic rings. The second-order valence-corrected chi connectivity index (χ2v) is 0.316. The maximum Gasteiger partial charge on any atom is 0.0402 e. The van der Waals surface area contributed by atoms with Crippen LogP contribution >= 0.6 is 11.8 Å². The molecule has 0 aliphatic heterocycles. The Morgan fingerprint density at radius 2 is 1.80 bits per heavy atom. The van der Waals surface area contributed by atoms with Gasteiger partial charge in [-0.15, -0.1) is 0 Å². The van der Waals surface area contributed by atoms with E-state index >= 15 is 0 Å². The van der Waals surface area contributed by atoms with Crippen molar-refractivity contribution in [2.24, 2.45) is 5.25 Å². The van der Waals surface area contributed by atoms with Gasteiger partial charge in [0.15, 0.2) is 0 Å². The van der Waals surface area contributed by atoms with E-state index in [0.29, 0.717) is 0 Å². The van der Waals surface area contributed by atoms with Crippen molar-refractivity contribution < 1.29 is 5.11 Å². The SMILES string of the molecule is CCO.NCl. The molecule has 0 fully saturated rings. The minimum absolute atomic E-state index is 0.250. The van der Waals surface area contributed by atoms with Crippen molar-refractivity contribution >= 4 is 11.8 Å². The van der Waals surface area contributed by atoms with Gasteiger partial charge in [-0.3, -0.25) is 0 Å². The molecule has 3 heteroatoms. The topological polar surface area (TPSA) is 46.2 Å². The smallest absolute Gasteiger partial charge is 0.0402 e. The van der Waals surface area contributed by atoms with Crippen LogP contribution in [0, 0.1) is 0 Å². The largest absolute Gasteiger partial charge is 0.397 e. The molecule has 34 valence electrons. The number of hydrogen-bond donors (Lipinski definition) is 2. The maximum atomic E-state index is 7.57. The quantitative estimate of drug-likeness (QED) is 0.421. The average molecular weight is 97.5 g/mol. The number of aliphatic hydroxyl groups excluding tert-OH is 1. The molecule has 0 spiro atoms. The predicted molar refractivity (Wildman–Crippen MR) is 22.8 cm³/mol. The van der Waals surface area contributed by atoms with Crippen LogP contribution in [0.4, 0.5) is 0 Å². The van der Waals surface area contributed by atoms with Crippen LogP contribution in [0.1, 0.15) is 6.92 Å². The molecule has 2 nitrogen and oxygen atoms in total. The fourth-order valence-electron chi connectivity index (χ4n) is 0. The average Bonchev–Trinajstić information content (AvgIpc) is 1.46. The van der Waals surface area contributed by atoms with E-state index in [9.17, 15) is 0 Å². The lowest BCUT2D eigenvalue weighted by Crippen LogP contribution is -1.57. The van der Waals surface area contributed by atoms with Crippen LogP contribution in [0.3, 0.4) is 0 Å². The summed E-state index contributed by atoms with van der Waals surface area (Å²) < 4.78 is 0. The van der Waals surface area contributed by atoms with Crippen LogP contribution < -0.4 is 5.25 Å². The summed E-state index contributed by atoms with van der Waals surface area (Å²) in [5, 5.41) is 11.5. The minimum atomic E-state index is 0.250. The first-order chi connectivity index (χ1) is 2.41. The highest BCUT2D eigenvalue weighted by atomic mass is 35.5. The van der Waals surface area contributed by atoms with Gasteiger partial charge in [-0.2, -0.15) is 0 Å². The summed E-state index contributed by atoms with van der Waals surface area (Å²) in [6, 6.07) is 0. The molecule has 5 heavy (non-hydrogen) atoms. The Balaban J connectivity index is 0. The lowest BCUT2D eigenvalue weighted by Gasteiger charge is -1.52. The van der Waals surface area contributed by atoms with Gasteiger partial charge in [0.2, 0.25) is 0 Å². The summed E-state index contributed by atoms with van der Waals surface area (Å²) in [4.78, 5) is 0. The van der Waals surface area contributed by atoms with Gasteiger partial charge in [0.25, 0.3) is 0 Å². The van der Waals surface area contributed by atoms with Crippen LogP contribution in [-0.2, 0) is 0 Å². The Labute approximate surface area is 36.7 Å². The van der Waals surface area contributed by atoms with Crippen molar-refractivity contribution in [1.82, 2.24) is 0 Å². The number of halogens is 1. The Bertz CT molecular complexity index is 9.61. The third-order valence-corrected chi connectivity index (χ3v) is 0. The molecule has 0 unspecified atom stereocenters. The predicted octanol–water partition coefficient (Wildman–Crippen LogP) is 0.0975. The van der Waals surface area contributed by atoms with Gasteiger partial charge >= 0.3 is 0 Å². The fraction of sp³-hybridized carbons (Fsp3) is 1.00. The van der Waals surface area contributed by atoms with Crippen molar-refractivity contribution in [2.75, 3.05) is 6.61 Å². The van der Waals surface area contributed by atoms with E-state index in [2.05, 4.69) is 17.0 Å². The molecule has 0 radical (unpaired) electrons. The van der Waals surface area contributed by atoms with Crippen LogP contribution in [0.5, 0.6) is 0 Å². The first kappa shape index (κ1) is 8.96. The van der Waals surface area contributed by atoms with Gasteiger partial charge in [-0.25, -0.2) is 5.25 Å². The highest BCUT2D eigenvalue weighted by Gasteiger charge is 1.34. The Kier molecular flexibility index (Phi) is 53.1. The van der Waals surface area contributed by atoms with Crippen LogP contribution in [0.2, 0.25) is 0 Å². The number of aliphatic hydroxyl groups is 1. The Morgan fingerprint density at radius 1 is 1.80 bits per heavy atom. The van der Waals surface area contributed by atoms with E-state index in [1.54, 1.807) is 6.92 Å². The van der Waals surface area contributed by atoms with Crippen LogP contribution in [0.15, 0.2) is 0 Å². The summed E-state index contributed by atoms with van der Waals surface area (Å²) in [7, 11) is 0. The van der Waals surface area contributed by atoms with Gasteiger partial charge in [-0.1, -0.05) is 0 Å². The van der Waals surface area contributed by atoms with Crippen LogP contribution in [0.25, 0.3) is 0 Å². The van der Waals surface area contributed by atoms with E-state index in [-0.39, 0.29) is 6.61 Å². The number of nitrogens with two attached hydrogens (primary N) is 1. The van der Waals surface area contributed by atoms with Gasteiger partial charge < -0.3 is 5.11 Å². The third-order valence-electron chi connectivity index (χ3n) is 0. The van der Waals surface area contributed by atoms with E-state index in [0.717, 1.165) is 0 Å². The lowest BCUT2D eigenvalue weighted by atomic mass is 10.9. The van der Waals surface area contributed by atoms with E-state index in [1.165, 1.54) is 0 Å². The van der Waals surface area contributed by atoms with Gasteiger partial charge in [0.05, 0.1) is 0 Å². The molecular weight excluding hydrogens is 89.5 g/mol. The molecule has 0 aromatic heterocycles. The van der Waals surface area contributed by atoms with E-state index < -0.39 is 0 Å². The molecule has 0 saturated heterocycles. The molecule has 3 N–H and O–H groups in total. The zero-order valence-corrected chi connectivity index (χ0v) is 3.87. The summed E-state index contributed by atoms with van der Waals surface area (Å²) in [5.74, 6) is 0. The molecular formula is C2H8ClNO. The first-order valence-electron chi connectivity index (χ1n) is 1.24. The van der Waals surface area contributed by atoms with Gasteiger partial charge in [-0.05, 0) is 18.7 Å². The highest BCUT2D eigenvalue weighted by Crippen LogP contribution is 1.30. The molecule has 0 atom stereocenters. The normalized spacial score (nSPS) is 4.80. The molecule has 0 aromatic rings. The molecule has 0 amide bonds. The van der Waals surface area contributed by atoms with Crippen molar-refractivity contribution in [1.29, 1.82) is 0 Å².